The van der Waals surface area contributed by atoms with E-state index in [1.165, 1.54) is 0 Å². The van der Waals surface area contributed by atoms with Gasteiger partial charge in [-0.05, 0) is 37.0 Å². The van der Waals surface area contributed by atoms with E-state index in [4.69, 9.17) is 0 Å². The molecule has 0 aliphatic rings. The summed E-state index contributed by atoms with van der Waals surface area (Å²) in [7, 11) is 1.80. The van der Waals surface area contributed by atoms with E-state index in [2.05, 4.69) is 17.6 Å². The van der Waals surface area contributed by atoms with E-state index in [-0.39, 0.29) is 11.6 Å². The Balaban J connectivity index is 2.09. The predicted molar refractivity (Wildman–Crippen MR) is 100 cm³/mol. The van der Waals surface area contributed by atoms with E-state index < -0.39 is 0 Å². The van der Waals surface area contributed by atoms with E-state index in [1.54, 1.807) is 16.4 Å². The third-order valence-electron chi connectivity index (χ3n) is 3.75. The first-order chi connectivity index (χ1) is 11.6. The second-order valence-electron chi connectivity index (χ2n) is 5.37. The second-order valence-corrected chi connectivity index (χ2v) is 6.76. The van der Waals surface area contributed by atoms with Gasteiger partial charge in [0.15, 0.2) is 0 Å². The number of carbonyl (C=O) groups is 1. The zero-order chi connectivity index (χ0) is 17.5. The van der Waals surface area contributed by atoms with Crippen LogP contribution in [0.25, 0.3) is 5.69 Å². The Morgan fingerprint density at radius 1 is 1.25 bits per heavy atom. The van der Waals surface area contributed by atoms with Crippen molar-refractivity contribution in [1.29, 1.82) is 0 Å². The Morgan fingerprint density at radius 2 is 1.96 bits per heavy atom. The smallest absolute Gasteiger partial charge is 0.319 e. The number of urea groups is 1. The number of rotatable bonds is 7. The van der Waals surface area contributed by atoms with Crippen LogP contribution < -0.4 is 16.2 Å². The van der Waals surface area contributed by atoms with Crippen LogP contribution in [0.15, 0.2) is 35.1 Å². The van der Waals surface area contributed by atoms with Gasteiger partial charge in [-0.3, -0.25) is 9.48 Å². The first-order valence-electron chi connectivity index (χ1n) is 8.02. The number of para-hydroxylation sites is 1. The molecule has 2 aromatic rings. The van der Waals surface area contributed by atoms with Crippen molar-refractivity contribution in [2.75, 3.05) is 23.4 Å². The minimum absolute atomic E-state index is 0.238. The van der Waals surface area contributed by atoms with Crippen molar-refractivity contribution in [2.45, 2.75) is 20.3 Å². The van der Waals surface area contributed by atoms with Crippen molar-refractivity contribution in [1.82, 2.24) is 14.7 Å². The molecule has 0 aliphatic heterocycles. The number of anilines is 1. The van der Waals surface area contributed by atoms with Gasteiger partial charge in [-0.1, -0.05) is 25.1 Å². The number of hydrogen-bond donors (Lipinski definition) is 2. The van der Waals surface area contributed by atoms with Gasteiger partial charge in [-0.15, -0.1) is 0 Å². The first-order valence-corrected chi connectivity index (χ1v) is 9.18. The molecule has 0 saturated carbocycles. The summed E-state index contributed by atoms with van der Waals surface area (Å²) in [4.78, 5) is 24.7. The van der Waals surface area contributed by atoms with Crippen LogP contribution in [0.5, 0.6) is 0 Å². The van der Waals surface area contributed by atoms with Gasteiger partial charge in [0, 0.05) is 13.6 Å². The van der Waals surface area contributed by atoms with Gasteiger partial charge < -0.3 is 10.6 Å². The molecule has 0 aliphatic carbocycles. The highest BCUT2D eigenvalue weighted by molar-refractivity contribution is 7.99. The van der Waals surface area contributed by atoms with Gasteiger partial charge >= 0.3 is 6.03 Å². The van der Waals surface area contributed by atoms with Crippen LogP contribution in [0.3, 0.4) is 0 Å². The van der Waals surface area contributed by atoms with Crippen molar-refractivity contribution in [2.24, 2.45) is 7.05 Å². The van der Waals surface area contributed by atoms with Crippen LogP contribution >= 0.6 is 11.8 Å². The molecule has 0 fully saturated rings. The predicted octanol–water partition coefficient (Wildman–Crippen LogP) is 2.75. The lowest BCUT2D eigenvalue weighted by Gasteiger charge is -2.07. The molecule has 0 atom stereocenters. The molecule has 1 aromatic heterocycles. The summed E-state index contributed by atoms with van der Waals surface area (Å²) in [6.45, 7) is 4.52. The molecule has 0 bridgehead atoms. The first kappa shape index (κ1) is 18.2. The molecule has 2 amide bonds. The summed E-state index contributed by atoms with van der Waals surface area (Å²) in [5.74, 6) is 2.09. The van der Waals surface area contributed by atoms with E-state index >= 15 is 0 Å². The minimum Gasteiger partial charge on any atom is -0.338 e. The maximum absolute atomic E-state index is 12.7. The highest BCUT2D eigenvalue weighted by atomic mass is 32.2. The molecule has 24 heavy (non-hydrogen) atoms. The van der Waals surface area contributed by atoms with Crippen molar-refractivity contribution < 1.29 is 4.79 Å². The lowest BCUT2D eigenvalue weighted by molar-refractivity contribution is 0.252. The Bertz CT molecular complexity index is 737. The summed E-state index contributed by atoms with van der Waals surface area (Å²) >= 11 is 1.84. The van der Waals surface area contributed by atoms with Crippen LogP contribution in [-0.4, -0.2) is 33.4 Å². The highest BCUT2D eigenvalue weighted by Gasteiger charge is 2.17. The quantitative estimate of drug-likeness (QED) is 0.756. The summed E-state index contributed by atoms with van der Waals surface area (Å²) in [6, 6.07) is 9.01. The normalized spacial score (nSPS) is 10.6. The number of hydrogen-bond acceptors (Lipinski definition) is 3. The fourth-order valence-electron chi connectivity index (χ4n) is 2.39. The Morgan fingerprint density at radius 3 is 2.62 bits per heavy atom. The SMILES string of the molecule is CCSCCCNC(=O)Nc1c(C)n(C)n(-c2ccccc2)c1=O. The molecular formula is C17H24N4O2S. The van der Waals surface area contributed by atoms with E-state index in [0.29, 0.717) is 17.9 Å². The number of carbonyl (C=O) groups excluding carboxylic acids is 1. The Kier molecular flexibility index (Phi) is 6.54. The maximum Gasteiger partial charge on any atom is 0.319 e. The van der Waals surface area contributed by atoms with Crippen molar-refractivity contribution >= 4 is 23.5 Å². The molecule has 7 heteroatoms. The summed E-state index contributed by atoms with van der Waals surface area (Å²) in [6.07, 6.45) is 0.911. The van der Waals surface area contributed by atoms with Crippen LogP contribution in [0.1, 0.15) is 19.0 Å². The van der Waals surface area contributed by atoms with Gasteiger partial charge in [0.2, 0.25) is 0 Å². The number of nitrogens with zero attached hydrogens (tertiary/aromatic N) is 2. The summed E-state index contributed by atoms with van der Waals surface area (Å²) in [5, 5.41) is 5.48. The molecule has 2 N–H and O–H groups in total. The molecule has 1 heterocycles. The average molecular weight is 348 g/mol. The highest BCUT2D eigenvalue weighted by Crippen LogP contribution is 2.13. The Hall–Kier alpha value is -2.15. The van der Waals surface area contributed by atoms with E-state index in [1.807, 2.05) is 49.0 Å². The van der Waals surface area contributed by atoms with Gasteiger partial charge in [0.1, 0.15) is 5.69 Å². The third kappa shape index (κ3) is 4.23. The summed E-state index contributed by atoms with van der Waals surface area (Å²) < 4.78 is 3.29. The lowest BCUT2D eigenvalue weighted by Crippen LogP contribution is -2.32. The molecule has 130 valence electrons. The van der Waals surface area contributed by atoms with Crippen LogP contribution in [-0.2, 0) is 7.05 Å². The second kappa shape index (κ2) is 8.63. The zero-order valence-corrected chi connectivity index (χ0v) is 15.2. The molecule has 1 aromatic carbocycles. The summed E-state index contributed by atoms with van der Waals surface area (Å²) in [5.41, 5.74) is 1.54. The largest absolute Gasteiger partial charge is 0.338 e. The lowest BCUT2D eigenvalue weighted by atomic mass is 10.3. The van der Waals surface area contributed by atoms with Crippen molar-refractivity contribution in [3.8, 4) is 5.69 Å². The molecule has 0 radical (unpaired) electrons. The van der Waals surface area contributed by atoms with Crippen LogP contribution in [0, 0.1) is 6.92 Å². The average Bonchev–Trinajstić information content (AvgIpc) is 2.79. The number of amides is 2. The maximum atomic E-state index is 12.7. The monoisotopic (exact) mass is 348 g/mol. The van der Waals surface area contributed by atoms with Gasteiger partial charge in [-0.25, -0.2) is 9.48 Å². The Labute approximate surface area is 146 Å². The molecule has 0 saturated heterocycles. The molecule has 6 nitrogen and oxygen atoms in total. The molecule has 0 spiro atoms. The number of nitrogens with one attached hydrogen (secondary N) is 2. The number of thioether (sulfide) groups is 1. The van der Waals surface area contributed by atoms with Crippen molar-refractivity contribution in [3.05, 3.63) is 46.4 Å². The van der Waals surface area contributed by atoms with Gasteiger partial charge in [0.05, 0.1) is 11.4 Å². The van der Waals surface area contributed by atoms with Gasteiger partial charge in [0.25, 0.3) is 5.56 Å². The van der Waals surface area contributed by atoms with Crippen LogP contribution in [0.4, 0.5) is 10.5 Å². The van der Waals surface area contributed by atoms with Gasteiger partial charge in [-0.2, -0.15) is 11.8 Å². The fourth-order valence-corrected chi connectivity index (χ4v) is 3.03. The molecular weight excluding hydrogens is 324 g/mol. The van der Waals surface area contributed by atoms with E-state index in [0.717, 1.165) is 23.6 Å². The third-order valence-corrected chi connectivity index (χ3v) is 4.73. The van der Waals surface area contributed by atoms with E-state index in [9.17, 15) is 9.59 Å². The topological polar surface area (TPSA) is 68.1 Å². The number of aromatic nitrogens is 2. The zero-order valence-electron chi connectivity index (χ0n) is 14.3. The van der Waals surface area contributed by atoms with Crippen molar-refractivity contribution in [3.63, 3.8) is 0 Å². The minimum atomic E-state index is -0.345. The number of benzene rings is 1. The standard InChI is InChI=1S/C17H24N4O2S/c1-4-24-12-8-11-18-17(23)19-15-13(2)20(3)21(16(15)22)14-9-6-5-7-10-14/h5-7,9-10H,4,8,11-12H2,1-3H3,(H2,18,19,23). The molecule has 2 rings (SSSR count). The molecule has 0 unspecified atom stereocenters. The van der Waals surface area contributed by atoms with Crippen LogP contribution in [0.2, 0.25) is 0 Å². The fraction of sp³-hybridized carbons (Fsp3) is 0.412.